The van der Waals surface area contributed by atoms with Crippen LogP contribution >= 0.6 is 0 Å². The van der Waals surface area contributed by atoms with E-state index in [9.17, 15) is 45.3 Å². The minimum absolute atomic E-state index is 0.146. The van der Waals surface area contributed by atoms with Crippen molar-refractivity contribution < 1.29 is 73.8 Å². The van der Waals surface area contributed by atoms with Crippen molar-refractivity contribution in [3.05, 3.63) is 60.8 Å². The summed E-state index contributed by atoms with van der Waals surface area (Å²) in [5.74, 6) is -0.970. The molecule has 0 spiro atoms. The Balaban J connectivity index is 1.86. The standard InChI is InChI=1S/C48H80O15/c1-3-5-7-9-11-13-15-17-18-19-21-22-24-26-28-30-39(50)58-33-36(61-40(51)31-29-27-25-23-20-16-14-12-10-8-6-4-2)34-59-47-46(57)44(55)42(53)38(63-47)35-60-48-45(56)43(54)41(52)37(32-49)62-48/h5,7,9,11-15,17-18,36-38,41-49,52-57H,3-4,6,8,10,16,19-35H2,1-2H3/b7-5+,11-9+,14-12+,15-13+,18-17+/t36-,37-,38-,41+,42+,43?,44?,45?,46?,47-,48-/m1/s1. The highest BCUT2D eigenvalue weighted by Crippen LogP contribution is 2.26. The summed E-state index contributed by atoms with van der Waals surface area (Å²) in [6.07, 6.45) is 21.2. The number of rotatable bonds is 34. The number of unbranched alkanes of at least 4 members (excludes halogenated alkanes) is 13. The second kappa shape index (κ2) is 35.5. The number of carbonyl (C=O) groups is 2. The van der Waals surface area contributed by atoms with Crippen molar-refractivity contribution in [2.75, 3.05) is 26.4 Å². The maximum Gasteiger partial charge on any atom is 0.306 e. The van der Waals surface area contributed by atoms with Gasteiger partial charge in [-0.25, -0.2) is 0 Å². The first-order valence-corrected chi connectivity index (χ1v) is 23.4. The van der Waals surface area contributed by atoms with E-state index in [-0.39, 0.29) is 19.4 Å². The van der Waals surface area contributed by atoms with Crippen molar-refractivity contribution in [3.63, 3.8) is 0 Å². The van der Waals surface area contributed by atoms with E-state index in [0.29, 0.717) is 12.8 Å². The van der Waals surface area contributed by atoms with Gasteiger partial charge in [0.2, 0.25) is 0 Å². The summed E-state index contributed by atoms with van der Waals surface area (Å²) in [5.41, 5.74) is 0. The Labute approximate surface area is 375 Å². The Hall–Kier alpha value is -2.80. The topological polar surface area (TPSA) is 231 Å². The maximum atomic E-state index is 12.9. The fourth-order valence-corrected chi connectivity index (χ4v) is 6.93. The van der Waals surface area contributed by atoms with Gasteiger partial charge in [-0.2, -0.15) is 0 Å². The summed E-state index contributed by atoms with van der Waals surface area (Å²) >= 11 is 0. The molecule has 2 heterocycles. The van der Waals surface area contributed by atoms with Crippen molar-refractivity contribution in [2.24, 2.45) is 0 Å². The summed E-state index contributed by atoms with van der Waals surface area (Å²) in [5, 5.41) is 71.9. The molecule has 2 saturated heterocycles. The van der Waals surface area contributed by atoms with E-state index in [2.05, 4.69) is 38.2 Å². The lowest BCUT2D eigenvalue weighted by molar-refractivity contribution is -0.332. The molecule has 0 amide bonds. The van der Waals surface area contributed by atoms with Gasteiger partial charge in [-0.3, -0.25) is 9.59 Å². The number of ether oxygens (including phenoxy) is 6. The van der Waals surface area contributed by atoms with Crippen LogP contribution in [0.5, 0.6) is 0 Å². The predicted molar refractivity (Wildman–Crippen MR) is 238 cm³/mol. The van der Waals surface area contributed by atoms with Gasteiger partial charge in [0.05, 0.1) is 19.8 Å². The van der Waals surface area contributed by atoms with Crippen LogP contribution in [0.4, 0.5) is 0 Å². The number of allylic oxidation sites excluding steroid dienone is 10. The van der Waals surface area contributed by atoms with E-state index in [1.807, 2.05) is 36.5 Å². The minimum atomic E-state index is -1.77. The van der Waals surface area contributed by atoms with Crippen LogP contribution in [0.1, 0.15) is 136 Å². The van der Waals surface area contributed by atoms with E-state index in [1.54, 1.807) is 0 Å². The zero-order valence-corrected chi connectivity index (χ0v) is 37.8. The molecule has 11 atom stereocenters. The number of hydrogen-bond acceptors (Lipinski definition) is 15. The smallest absolute Gasteiger partial charge is 0.306 e. The van der Waals surface area contributed by atoms with Crippen LogP contribution in [0.2, 0.25) is 0 Å². The minimum Gasteiger partial charge on any atom is -0.462 e. The fraction of sp³-hybridized carbons (Fsp3) is 0.750. The van der Waals surface area contributed by atoms with Crippen LogP contribution in [0.25, 0.3) is 0 Å². The number of aliphatic hydroxyl groups excluding tert-OH is 7. The Morgan fingerprint density at radius 2 is 1.02 bits per heavy atom. The summed E-state index contributed by atoms with van der Waals surface area (Å²) < 4.78 is 33.4. The summed E-state index contributed by atoms with van der Waals surface area (Å²) in [6, 6.07) is 0. The molecule has 0 saturated carbocycles. The van der Waals surface area contributed by atoms with Crippen molar-refractivity contribution >= 4 is 11.9 Å². The molecule has 7 N–H and O–H groups in total. The number of hydrogen-bond donors (Lipinski definition) is 7. The molecule has 2 aliphatic heterocycles. The average Bonchev–Trinajstić information content (AvgIpc) is 3.28. The Morgan fingerprint density at radius 3 is 1.62 bits per heavy atom. The predicted octanol–water partition coefficient (Wildman–Crippen LogP) is 5.31. The molecule has 0 aromatic heterocycles. The van der Waals surface area contributed by atoms with E-state index >= 15 is 0 Å². The van der Waals surface area contributed by atoms with Crippen molar-refractivity contribution in [2.45, 2.75) is 203 Å². The van der Waals surface area contributed by atoms with E-state index in [1.165, 1.54) is 19.3 Å². The van der Waals surface area contributed by atoms with Crippen LogP contribution in [0, 0.1) is 0 Å². The monoisotopic (exact) mass is 897 g/mol. The third-order valence-corrected chi connectivity index (χ3v) is 10.8. The third kappa shape index (κ3) is 24.3. The van der Waals surface area contributed by atoms with Gasteiger partial charge in [-0.05, 0) is 57.8 Å². The molecule has 362 valence electrons. The molecule has 63 heavy (non-hydrogen) atoms. The number of carbonyl (C=O) groups excluding carboxylic acids is 2. The molecule has 0 aromatic carbocycles. The molecule has 4 unspecified atom stereocenters. The lowest BCUT2D eigenvalue weighted by Crippen LogP contribution is -2.61. The summed E-state index contributed by atoms with van der Waals surface area (Å²) in [6.45, 7) is 2.36. The fourth-order valence-electron chi connectivity index (χ4n) is 6.93. The zero-order valence-electron chi connectivity index (χ0n) is 37.8. The van der Waals surface area contributed by atoms with Crippen LogP contribution < -0.4 is 0 Å². The molecule has 2 fully saturated rings. The first-order chi connectivity index (χ1) is 30.5. The van der Waals surface area contributed by atoms with Gasteiger partial charge >= 0.3 is 11.9 Å². The molecule has 0 radical (unpaired) electrons. The van der Waals surface area contributed by atoms with Crippen LogP contribution in [-0.2, 0) is 38.0 Å². The van der Waals surface area contributed by atoms with Crippen LogP contribution in [0.15, 0.2) is 60.8 Å². The van der Waals surface area contributed by atoms with Gasteiger partial charge in [0.15, 0.2) is 18.7 Å². The van der Waals surface area contributed by atoms with Crippen LogP contribution in [-0.4, -0.2) is 142 Å². The second-order valence-electron chi connectivity index (χ2n) is 16.3. The van der Waals surface area contributed by atoms with Gasteiger partial charge in [0.1, 0.15) is 55.4 Å². The Kier molecular flexibility index (Phi) is 31.7. The van der Waals surface area contributed by atoms with E-state index in [0.717, 1.165) is 77.0 Å². The molecule has 0 aromatic rings. The largest absolute Gasteiger partial charge is 0.462 e. The highest BCUT2D eigenvalue weighted by molar-refractivity contribution is 5.70. The van der Waals surface area contributed by atoms with E-state index in [4.69, 9.17) is 28.4 Å². The Bertz CT molecular complexity index is 1330. The van der Waals surface area contributed by atoms with Gasteiger partial charge in [-0.1, -0.05) is 126 Å². The SMILES string of the molecule is CC/C=C/C=C/C=C/C=C/CCCCCCCC(=O)OC[C@H](CO[C@@H]1O[C@H](CO[C@@H]2O[C@H](CO)[C@H](O)C(O)C2O)[C@H](O)C(O)C1O)OC(=O)CCCCCCC/C=C/CCCCC. The molecular weight excluding hydrogens is 817 g/mol. The van der Waals surface area contributed by atoms with E-state index < -0.39 is 99.3 Å². The summed E-state index contributed by atoms with van der Waals surface area (Å²) in [4.78, 5) is 25.6. The maximum absolute atomic E-state index is 12.9. The molecular formula is C48H80O15. The third-order valence-electron chi connectivity index (χ3n) is 10.8. The lowest BCUT2D eigenvalue weighted by Gasteiger charge is -2.42. The van der Waals surface area contributed by atoms with Gasteiger partial charge in [0, 0.05) is 12.8 Å². The molecule has 2 aliphatic rings. The molecule has 15 heteroatoms. The average molecular weight is 897 g/mol. The number of esters is 2. The van der Waals surface area contributed by atoms with Crippen molar-refractivity contribution in [1.82, 2.24) is 0 Å². The summed E-state index contributed by atoms with van der Waals surface area (Å²) in [7, 11) is 0. The first kappa shape index (κ1) is 56.3. The second-order valence-corrected chi connectivity index (χ2v) is 16.3. The molecule has 0 bridgehead atoms. The highest BCUT2D eigenvalue weighted by atomic mass is 16.7. The zero-order chi connectivity index (χ0) is 46.1. The number of aliphatic hydroxyl groups is 7. The van der Waals surface area contributed by atoms with Crippen molar-refractivity contribution in [1.29, 1.82) is 0 Å². The molecule has 15 nitrogen and oxygen atoms in total. The molecule has 2 rings (SSSR count). The normalized spacial score (nSPS) is 27.4. The lowest BCUT2D eigenvalue weighted by atomic mass is 9.98. The van der Waals surface area contributed by atoms with Crippen LogP contribution in [0.3, 0.4) is 0 Å². The van der Waals surface area contributed by atoms with Gasteiger partial charge in [0.25, 0.3) is 0 Å². The molecule has 0 aliphatic carbocycles. The first-order valence-electron chi connectivity index (χ1n) is 23.4. The highest BCUT2D eigenvalue weighted by Gasteiger charge is 2.47. The quantitative estimate of drug-likeness (QED) is 0.0188. The Morgan fingerprint density at radius 1 is 0.524 bits per heavy atom. The van der Waals surface area contributed by atoms with Gasteiger partial charge in [-0.15, -0.1) is 0 Å². The van der Waals surface area contributed by atoms with Gasteiger partial charge < -0.3 is 64.2 Å². The van der Waals surface area contributed by atoms with Crippen molar-refractivity contribution in [3.8, 4) is 0 Å².